The van der Waals surface area contributed by atoms with Gasteiger partial charge in [0.05, 0.1) is 17.7 Å². The van der Waals surface area contributed by atoms with E-state index in [4.69, 9.17) is 9.47 Å². The highest BCUT2D eigenvalue weighted by Gasteiger charge is 2.04. The predicted octanol–water partition coefficient (Wildman–Crippen LogP) is 5.74. The smallest absolute Gasteiger partial charge is 0.134 e. The summed E-state index contributed by atoms with van der Waals surface area (Å²) in [5.74, 6) is 0.839. The maximum Gasteiger partial charge on any atom is 0.134 e. The molecule has 0 radical (unpaired) electrons. The lowest BCUT2D eigenvalue weighted by Crippen LogP contribution is -1.97. The molecule has 0 unspecified atom stereocenters. The van der Waals surface area contributed by atoms with E-state index in [0.29, 0.717) is 19.8 Å². The molecule has 24 heavy (non-hydrogen) atoms. The summed E-state index contributed by atoms with van der Waals surface area (Å²) in [5, 5.41) is 0. The monoisotopic (exact) mass is 382 g/mol. The SMILES string of the molecule is Brc1cc(COCc2ccccc2)ccc1OCc1ccccc1. The van der Waals surface area contributed by atoms with Gasteiger partial charge in [0.1, 0.15) is 12.4 Å². The van der Waals surface area contributed by atoms with Crippen molar-refractivity contribution in [3.8, 4) is 5.75 Å². The predicted molar refractivity (Wildman–Crippen MR) is 99.9 cm³/mol. The van der Waals surface area contributed by atoms with Crippen molar-refractivity contribution in [3.63, 3.8) is 0 Å². The van der Waals surface area contributed by atoms with Crippen molar-refractivity contribution in [3.05, 3.63) is 100 Å². The molecule has 0 aromatic heterocycles. The Labute approximate surface area is 151 Å². The lowest BCUT2D eigenvalue weighted by Gasteiger charge is -2.10. The fraction of sp³-hybridized carbons (Fsp3) is 0.143. The summed E-state index contributed by atoms with van der Waals surface area (Å²) in [6, 6.07) is 26.4. The Bertz CT molecular complexity index is 757. The fourth-order valence-corrected chi connectivity index (χ4v) is 2.89. The van der Waals surface area contributed by atoms with Crippen molar-refractivity contribution < 1.29 is 9.47 Å². The van der Waals surface area contributed by atoms with E-state index in [-0.39, 0.29) is 0 Å². The summed E-state index contributed by atoms with van der Waals surface area (Å²) < 4.78 is 12.6. The maximum atomic E-state index is 5.86. The van der Waals surface area contributed by atoms with Crippen LogP contribution in [0.4, 0.5) is 0 Å². The van der Waals surface area contributed by atoms with Crippen molar-refractivity contribution in [1.82, 2.24) is 0 Å². The third-order valence-electron chi connectivity index (χ3n) is 3.61. The van der Waals surface area contributed by atoms with Gasteiger partial charge in [-0.25, -0.2) is 0 Å². The van der Waals surface area contributed by atoms with Crippen molar-refractivity contribution in [2.75, 3.05) is 0 Å². The summed E-state index contributed by atoms with van der Waals surface area (Å²) in [4.78, 5) is 0. The van der Waals surface area contributed by atoms with Crippen LogP contribution in [0.1, 0.15) is 16.7 Å². The molecular weight excluding hydrogens is 364 g/mol. The standard InChI is InChI=1S/C21H19BrO2/c22-20-13-19(15-23-14-17-7-3-1-4-8-17)11-12-21(20)24-16-18-9-5-2-6-10-18/h1-13H,14-16H2. The molecule has 0 fully saturated rings. The fourth-order valence-electron chi connectivity index (χ4n) is 2.35. The molecule has 0 amide bonds. The van der Waals surface area contributed by atoms with Crippen LogP contribution in [0.25, 0.3) is 0 Å². The summed E-state index contributed by atoms with van der Waals surface area (Å²) in [7, 11) is 0. The van der Waals surface area contributed by atoms with Crippen LogP contribution in [0, 0.1) is 0 Å². The minimum Gasteiger partial charge on any atom is -0.488 e. The van der Waals surface area contributed by atoms with Gasteiger partial charge in [-0.2, -0.15) is 0 Å². The quantitative estimate of drug-likeness (QED) is 0.518. The Morgan fingerprint density at radius 1 is 0.625 bits per heavy atom. The van der Waals surface area contributed by atoms with Crippen LogP contribution in [0.2, 0.25) is 0 Å². The third-order valence-corrected chi connectivity index (χ3v) is 4.23. The zero-order chi connectivity index (χ0) is 16.6. The molecule has 0 atom stereocenters. The molecule has 0 spiro atoms. The van der Waals surface area contributed by atoms with Crippen LogP contribution in [-0.4, -0.2) is 0 Å². The second-order valence-corrected chi connectivity index (χ2v) is 6.37. The van der Waals surface area contributed by atoms with E-state index in [1.165, 1.54) is 5.56 Å². The first kappa shape index (κ1) is 16.7. The van der Waals surface area contributed by atoms with Crippen molar-refractivity contribution >= 4 is 15.9 Å². The van der Waals surface area contributed by atoms with Gasteiger partial charge in [-0.3, -0.25) is 0 Å². The Morgan fingerprint density at radius 3 is 1.83 bits per heavy atom. The van der Waals surface area contributed by atoms with Gasteiger partial charge < -0.3 is 9.47 Å². The van der Waals surface area contributed by atoms with Gasteiger partial charge in [-0.05, 0) is 44.8 Å². The molecule has 0 bridgehead atoms. The van der Waals surface area contributed by atoms with Crippen LogP contribution in [0.3, 0.4) is 0 Å². The number of halogens is 1. The van der Waals surface area contributed by atoms with Gasteiger partial charge in [0.2, 0.25) is 0 Å². The van der Waals surface area contributed by atoms with E-state index in [1.54, 1.807) is 0 Å². The number of rotatable bonds is 7. The van der Waals surface area contributed by atoms with E-state index in [0.717, 1.165) is 21.3 Å². The summed E-state index contributed by atoms with van der Waals surface area (Å²) in [6.07, 6.45) is 0. The third kappa shape index (κ3) is 4.95. The average Bonchev–Trinajstić information content (AvgIpc) is 2.63. The molecule has 0 aliphatic heterocycles. The Hall–Kier alpha value is -2.10. The molecule has 3 aromatic rings. The van der Waals surface area contributed by atoms with Gasteiger partial charge in [-0.1, -0.05) is 66.7 Å². The Kier molecular flexibility index (Phi) is 6.05. The van der Waals surface area contributed by atoms with Gasteiger partial charge in [0.25, 0.3) is 0 Å². The van der Waals surface area contributed by atoms with E-state index in [2.05, 4.69) is 40.2 Å². The van der Waals surface area contributed by atoms with Gasteiger partial charge in [0, 0.05) is 0 Å². The van der Waals surface area contributed by atoms with Gasteiger partial charge in [0.15, 0.2) is 0 Å². The van der Waals surface area contributed by atoms with Gasteiger partial charge in [-0.15, -0.1) is 0 Å². The second-order valence-electron chi connectivity index (χ2n) is 5.52. The minimum absolute atomic E-state index is 0.559. The molecule has 0 heterocycles. The maximum absolute atomic E-state index is 5.86. The number of benzene rings is 3. The summed E-state index contributed by atoms with van der Waals surface area (Å²) in [6.45, 7) is 1.75. The van der Waals surface area contributed by atoms with Crippen molar-refractivity contribution in [2.24, 2.45) is 0 Å². The molecular formula is C21H19BrO2. The van der Waals surface area contributed by atoms with Crippen molar-refractivity contribution in [2.45, 2.75) is 19.8 Å². The summed E-state index contributed by atoms with van der Waals surface area (Å²) >= 11 is 3.58. The minimum atomic E-state index is 0.559. The van der Waals surface area contributed by atoms with Crippen LogP contribution in [0.15, 0.2) is 83.3 Å². The van der Waals surface area contributed by atoms with E-state index in [1.807, 2.05) is 54.6 Å². The van der Waals surface area contributed by atoms with Crippen LogP contribution < -0.4 is 4.74 Å². The zero-order valence-corrected chi connectivity index (χ0v) is 14.9. The van der Waals surface area contributed by atoms with E-state index < -0.39 is 0 Å². The second kappa shape index (κ2) is 8.67. The number of ether oxygens (including phenoxy) is 2. The topological polar surface area (TPSA) is 18.5 Å². The van der Waals surface area contributed by atoms with Gasteiger partial charge >= 0.3 is 0 Å². The Morgan fingerprint density at radius 2 is 1.21 bits per heavy atom. The molecule has 0 aliphatic carbocycles. The molecule has 3 heteroatoms. The molecule has 0 saturated heterocycles. The van der Waals surface area contributed by atoms with Crippen molar-refractivity contribution in [1.29, 1.82) is 0 Å². The zero-order valence-electron chi connectivity index (χ0n) is 13.3. The first-order valence-electron chi connectivity index (χ1n) is 7.88. The largest absolute Gasteiger partial charge is 0.488 e. The average molecular weight is 383 g/mol. The highest BCUT2D eigenvalue weighted by molar-refractivity contribution is 9.10. The Balaban J connectivity index is 1.52. The lowest BCUT2D eigenvalue weighted by atomic mass is 10.2. The van der Waals surface area contributed by atoms with E-state index >= 15 is 0 Å². The normalized spacial score (nSPS) is 10.5. The highest BCUT2D eigenvalue weighted by Crippen LogP contribution is 2.27. The van der Waals surface area contributed by atoms with Crippen LogP contribution in [0.5, 0.6) is 5.75 Å². The molecule has 2 nitrogen and oxygen atoms in total. The summed E-state index contributed by atoms with van der Waals surface area (Å²) in [5.41, 5.74) is 3.45. The molecule has 0 saturated carbocycles. The van der Waals surface area contributed by atoms with E-state index in [9.17, 15) is 0 Å². The molecule has 3 aromatic carbocycles. The number of hydrogen-bond donors (Lipinski definition) is 0. The molecule has 122 valence electrons. The number of hydrogen-bond acceptors (Lipinski definition) is 2. The molecule has 0 N–H and O–H groups in total. The first-order chi connectivity index (χ1) is 11.8. The van der Waals surface area contributed by atoms with Crippen LogP contribution in [-0.2, 0) is 24.6 Å². The first-order valence-corrected chi connectivity index (χ1v) is 8.67. The van der Waals surface area contributed by atoms with Crippen LogP contribution >= 0.6 is 15.9 Å². The molecule has 0 aliphatic rings. The lowest BCUT2D eigenvalue weighted by molar-refractivity contribution is 0.107. The highest BCUT2D eigenvalue weighted by atomic mass is 79.9. The molecule has 3 rings (SSSR count).